The van der Waals surface area contributed by atoms with Gasteiger partial charge in [0.15, 0.2) is 0 Å². The van der Waals surface area contributed by atoms with Crippen molar-refractivity contribution in [1.29, 1.82) is 0 Å². The average molecular weight is 312 g/mol. The molecule has 0 aliphatic heterocycles. The third kappa shape index (κ3) is 3.19. The summed E-state index contributed by atoms with van der Waals surface area (Å²) in [5, 5.41) is 9.40. The molecule has 116 valence electrons. The number of rotatable bonds is 4. The SMILES string of the molecule is CN(C)S(=O)(=O)c1ccc(N(C(=O)O)C2CCCC2)cc1. The van der Waals surface area contributed by atoms with E-state index >= 15 is 0 Å². The molecule has 0 radical (unpaired) electrons. The average Bonchev–Trinajstić information content (AvgIpc) is 2.92. The van der Waals surface area contributed by atoms with Crippen LogP contribution in [0.25, 0.3) is 0 Å². The van der Waals surface area contributed by atoms with Crippen LogP contribution in [0, 0.1) is 0 Å². The number of carboxylic acid groups (broad SMARTS) is 1. The van der Waals surface area contributed by atoms with Gasteiger partial charge in [0.05, 0.1) is 4.90 Å². The van der Waals surface area contributed by atoms with Crippen LogP contribution in [-0.4, -0.2) is 44.1 Å². The predicted molar refractivity (Wildman–Crippen MR) is 80.1 cm³/mol. The Morgan fingerprint density at radius 3 is 2.10 bits per heavy atom. The van der Waals surface area contributed by atoms with E-state index in [1.807, 2.05) is 0 Å². The second kappa shape index (κ2) is 6.03. The van der Waals surface area contributed by atoms with E-state index in [0.717, 1.165) is 30.0 Å². The molecule has 1 amide bonds. The van der Waals surface area contributed by atoms with Gasteiger partial charge in [0, 0.05) is 25.8 Å². The zero-order valence-electron chi connectivity index (χ0n) is 12.2. The quantitative estimate of drug-likeness (QED) is 0.926. The lowest BCUT2D eigenvalue weighted by Crippen LogP contribution is -2.37. The van der Waals surface area contributed by atoms with Crippen molar-refractivity contribution in [2.75, 3.05) is 19.0 Å². The Morgan fingerprint density at radius 2 is 1.67 bits per heavy atom. The molecule has 1 saturated carbocycles. The lowest BCUT2D eigenvalue weighted by molar-refractivity contribution is 0.199. The van der Waals surface area contributed by atoms with Gasteiger partial charge < -0.3 is 5.11 Å². The molecule has 1 aromatic rings. The van der Waals surface area contributed by atoms with Crippen LogP contribution in [0.4, 0.5) is 10.5 Å². The number of anilines is 1. The number of carbonyl (C=O) groups is 1. The molecule has 6 nitrogen and oxygen atoms in total. The fraction of sp³-hybridized carbons (Fsp3) is 0.500. The number of amides is 1. The first-order chi connectivity index (χ1) is 9.84. The van der Waals surface area contributed by atoms with Crippen molar-refractivity contribution in [2.24, 2.45) is 0 Å². The monoisotopic (exact) mass is 312 g/mol. The summed E-state index contributed by atoms with van der Waals surface area (Å²) >= 11 is 0. The lowest BCUT2D eigenvalue weighted by Gasteiger charge is -2.26. The normalized spacial score (nSPS) is 16.3. The van der Waals surface area contributed by atoms with Crippen molar-refractivity contribution < 1.29 is 18.3 Å². The van der Waals surface area contributed by atoms with Gasteiger partial charge in [0.25, 0.3) is 0 Å². The highest BCUT2D eigenvalue weighted by Gasteiger charge is 2.28. The number of sulfonamides is 1. The van der Waals surface area contributed by atoms with Crippen LogP contribution in [0.15, 0.2) is 29.2 Å². The molecule has 1 aliphatic carbocycles. The van der Waals surface area contributed by atoms with Crippen LogP contribution in [0.5, 0.6) is 0 Å². The highest BCUT2D eigenvalue weighted by molar-refractivity contribution is 7.89. The molecule has 0 spiro atoms. The van der Waals surface area contributed by atoms with Crippen molar-refractivity contribution in [3.63, 3.8) is 0 Å². The Hall–Kier alpha value is -1.60. The fourth-order valence-electron chi connectivity index (χ4n) is 2.63. The van der Waals surface area contributed by atoms with Gasteiger partial charge in [-0.25, -0.2) is 17.5 Å². The molecule has 1 aromatic carbocycles. The molecule has 0 aromatic heterocycles. The summed E-state index contributed by atoms with van der Waals surface area (Å²) in [6.07, 6.45) is 2.77. The molecule has 7 heteroatoms. The van der Waals surface area contributed by atoms with Gasteiger partial charge in [-0.2, -0.15) is 0 Å². The van der Waals surface area contributed by atoms with Crippen LogP contribution in [-0.2, 0) is 10.0 Å². The van der Waals surface area contributed by atoms with Gasteiger partial charge in [-0.05, 0) is 37.1 Å². The molecule has 0 saturated heterocycles. The summed E-state index contributed by atoms with van der Waals surface area (Å²) < 4.78 is 25.1. The maximum absolute atomic E-state index is 12.0. The maximum Gasteiger partial charge on any atom is 0.412 e. The lowest BCUT2D eigenvalue weighted by atomic mass is 10.2. The third-order valence-corrected chi connectivity index (χ3v) is 5.62. The molecule has 0 bridgehead atoms. The van der Waals surface area contributed by atoms with Gasteiger partial charge in [0.1, 0.15) is 0 Å². The fourth-order valence-corrected chi connectivity index (χ4v) is 3.53. The predicted octanol–water partition coefficient (Wildman–Crippen LogP) is 2.36. The molecule has 21 heavy (non-hydrogen) atoms. The Balaban J connectivity index is 2.30. The van der Waals surface area contributed by atoms with E-state index in [2.05, 4.69) is 0 Å². The van der Waals surface area contributed by atoms with Gasteiger partial charge in [-0.1, -0.05) is 12.8 Å². The summed E-state index contributed by atoms with van der Waals surface area (Å²) in [7, 11) is -0.564. The second-order valence-electron chi connectivity index (χ2n) is 5.37. The molecule has 0 heterocycles. The van der Waals surface area contributed by atoms with E-state index in [1.54, 1.807) is 12.1 Å². The minimum Gasteiger partial charge on any atom is -0.465 e. The van der Waals surface area contributed by atoms with Gasteiger partial charge in [0.2, 0.25) is 10.0 Å². The van der Waals surface area contributed by atoms with Gasteiger partial charge in [-0.15, -0.1) is 0 Å². The highest BCUT2D eigenvalue weighted by Crippen LogP contribution is 2.29. The summed E-state index contributed by atoms with van der Waals surface area (Å²) in [6.45, 7) is 0. The van der Waals surface area contributed by atoms with E-state index in [-0.39, 0.29) is 10.9 Å². The van der Waals surface area contributed by atoms with E-state index in [1.165, 1.54) is 31.1 Å². The minimum atomic E-state index is -3.49. The van der Waals surface area contributed by atoms with Crippen LogP contribution in [0.3, 0.4) is 0 Å². The standard InChI is InChI=1S/C14H20N2O4S/c1-15(2)21(19,20)13-9-7-12(8-10-13)16(14(17)18)11-5-3-4-6-11/h7-11H,3-6H2,1-2H3,(H,17,18). The van der Waals surface area contributed by atoms with Crippen LogP contribution < -0.4 is 4.90 Å². The van der Waals surface area contributed by atoms with Crippen molar-refractivity contribution in [1.82, 2.24) is 4.31 Å². The van der Waals surface area contributed by atoms with Crippen LogP contribution in [0.1, 0.15) is 25.7 Å². The summed E-state index contributed by atoms with van der Waals surface area (Å²) in [4.78, 5) is 13.0. The zero-order valence-corrected chi connectivity index (χ0v) is 13.0. The van der Waals surface area contributed by atoms with Crippen molar-refractivity contribution >= 4 is 21.8 Å². The van der Waals surface area contributed by atoms with Crippen molar-refractivity contribution in [3.05, 3.63) is 24.3 Å². The summed E-state index contributed by atoms with van der Waals surface area (Å²) in [5.74, 6) is 0. The Bertz CT molecular complexity index is 604. The molecule has 1 fully saturated rings. The molecule has 0 unspecified atom stereocenters. The Kier molecular flexibility index (Phi) is 4.53. The first-order valence-corrected chi connectivity index (χ1v) is 8.33. The Morgan fingerprint density at radius 1 is 1.14 bits per heavy atom. The zero-order chi connectivity index (χ0) is 15.6. The number of hydrogen-bond acceptors (Lipinski definition) is 3. The van der Waals surface area contributed by atoms with Crippen LogP contribution in [0.2, 0.25) is 0 Å². The number of nitrogens with zero attached hydrogens (tertiary/aromatic N) is 2. The second-order valence-corrected chi connectivity index (χ2v) is 7.52. The summed E-state index contributed by atoms with van der Waals surface area (Å²) in [6, 6.07) is 6.01. The first-order valence-electron chi connectivity index (χ1n) is 6.89. The van der Waals surface area contributed by atoms with E-state index in [0.29, 0.717) is 5.69 Å². The highest BCUT2D eigenvalue weighted by atomic mass is 32.2. The molecule has 2 rings (SSSR count). The van der Waals surface area contributed by atoms with Gasteiger partial charge >= 0.3 is 6.09 Å². The largest absolute Gasteiger partial charge is 0.465 e. The molecular weight excluding hydrogens is 292 g/mol. The third-order valence-electron chi connectivity index (χ3n) is 3.79. The minimum absolute atomic E-state index is 0.0150. The van der Waals surface area contributed by atoms with E-state index in [9.17, 15) is 18.3 Å². The molecule has 1 N–H and O–H groups in total. The maximum atomic E-state index is 12.0. The van der Waals surface area contributed by atoms with Crippen molar-refractivity contribution in [2.45, 2.75) is 36.6 Å². The van der Waals surface area contributed by atoms with Crippen molar-refractivity contribution in [3.8, 4) is 0 Å². The number of hydrogen-bond donors (Lipinski definition) is 1. The molecule has 1 aliphatic rings. The molecule has 0 atom stereocenters. The van der Waals surface area contributed by atoms with Crippen LogP contribution >= 0.6 is 0 Å². The molecular formula is C14H20N2O4S. The summed E-state index contributed by atoms with van der Waals surface area (Å²) in [5.41, 5.74) is 0.520. The van der Waals surface area contributed by atoms with Gasteiger partial charge in [-0.3, -0.25) is 4.90 Å². The first kappa shape index (κ1) is 15.8. The Labute approximate surface area is 125 Å². The topological polar surface area (TPSA) is 77.9 Å². The van der Waals surface area contributed by atoms with E-state index in [4.69, 9.17) is 0 Å². The van der Waals surface area contributed by atoms with E-state index < -0.39 is 16.1 Å². The smallest absolute Gasteiger partial charge is 0.412 e. The number of benzene rings is 1.